The van der Waals surface area contributed by atoms with Crippen molar-refractivity contribution in [3.8, 4) is 5.75 Å². The zero-order valence-corrected chi connectivity index (χ0v) is 12.2. The lowest BCUT2D eigenvalue weighted by molar-refractivity contribution is -0.137. The molecule has 112 valence electrons. The summed E-state index contributed by atoms with van der Waals surface area (Å²) < 4.78 is 6.51. The van der Waals surface area contributed by atoms with E-state index in [-0.39, 0.29) is 11.3 Å². The molecule has 0 saturated carbocycles. The summed E-state index contributed by atoms with van der Waals surface area (Å²) in [7, 11) is 1.55. The predicted octanol–water partition coefficient (Wildman–Crippen LogP) is 0.508. The second-order valence-corrected chi connectivity index (χ2v) is 5.35. The second-order valence-electron chi connectivity index (χ2n) is 4.35. The van der Waals surface area contributed by atoms with Gasteiger partial charge in [0.15, 0.2) is 0 Å². The average molecular weight is 309 g/mol. The zero-order valence-electron chi connectivity index (χ0n) is 11.4. The topological polar surface area (TPSA) is 107 Å². The highest BCUT2D eigenvalue weighted by molar-refractivity contribution is 7.98. The second kappa shape index (κ2) is 6.59. The van der Waals surface area contributed by atoms with Gasteiger partial charge in [0.05, 0.1) is 30.2 Å². The number of fused-ring (bicyclic) bond motifs is 1. The molecule has 0 aliphatic carbocycles. The number of benzene rings is 1. The molecule has 0 aliphatic heterocycles. The number of nitrogens with zero attached hydrogens (tertiary/aromatic N) is 2. The van der Waals surface area contributed by atoms with Gasteiger partial charge < -0.3 is 15.6 Å². The number of methoxy groups -OCH3 is 1. The molecular formula is C13H15N3O4S. The highest BCUT2D eigenvalue weighted by atomic mass is 32.2. The number of hydrogen-bond donors (Lipinski definition) is 2. The van der Waals surface area contributed by atoms with Crippen LogP contribution < -0.4 is 16.0 Å². The standard InChI is InChI=1S/C13H15N3O4S/c1-20-8-2-3-9-11(4-8)15-6-16(12(9)17)7-21-5-10(14)13(18)19/h2-4,6,10H,5,7,14H2,1H3,(H,18,19). The minimum atomic E-state index is -1.06. The molecule has 2 rings (SSSR count). The number of carboxylic acid groups (broad SMARTS) is 1. The van der Waals surface area contributed by atoms with Crippen molar-refractivity contribution in [3.63, 3.8) is 0 Å². The minimum Gasteiger partial charge on any atom is -0.497 e. The van der Waals surface area contributed by atoms with Crippen molar-refractivity contribution in [2.24, 2.45) is 5.73 Å². The summed E-state index contributed by atoms with van der Waals surface area (Å²) in [6, 6.07) is 4.11. The first-order valence-corrected chi connectivity index (χ1v) is 7.27. The number of aromatic nitrogens is 2. The average Bonchev–Trinajstić information content (AvgIpc) is 2.48. The van der Waals surface area contributed by atoms with Gasteiger partial charge in [-0.15, -0.1) is 11.8 Å². The van der Waals surface area contributed by atoms with E-state index in [1.54, 1.807) is 25.3 Å². The molecule has 21 heavy (non-hydrogen) atoms. The molecule has 0 radical (unpaired) electrons. The van der Waals surface area contributed by atoms with Crippen LogP contribution in [0.5, 0.6) is 5.75 Å². The summed E-state index contributed by atoms with van der Waals surface area (Å²) in [5, 5.41) is 9.18. The minimum absolute atomic E-state index is 0.181. The summed E-state index contributed by atoms with van der Waals surface area (Å²) in [6.07, 6.45) is 1.43. The third-order valence-corrected chi connectivity index (χ3v) is 3.93. The Bertz CT molecular complexity index is 716. The maximum atomic E-state index is 12.3. The van der Waals surface area contributed by atoms with E-state index in [1.165, 1.54) is 22.7 Å². The molecule has 1 unspecified atom stereocenters. The lowest BCUT2D eigenvalue weighted by Crippen LogP contribution is -2.33. The zero-order chi connectivity index (χ0) is 15.4. The number of rotatable bonds is 6. The van der Waals surface area contributed by atoms with Crippen molar-refractivity contribution < 1.29 is 14.6 Å². The van der Waals surface area contributed by atoms with Gasteiger partial charge in [-0.05, 0) is 12.1 Å². The van der Waals surface area contributed by atoms with E-state index in [4.69, 9.17) is 15.6 Å². The molecule has 1 aromatic carbocycles. The van der Waals surface area contributed by atoms with Crippen LogP contribution in [0.25, 0.3) is 10.9 Å². The van der Waals surface area contributed by atoms with Crippen LogP contribution in [0.2, 0.25) is 0 Å². The molecule has 0 spiro atoms. The van der Waals surface area contributed by atoms with Crippen LogP contribution in [0.4, 0.5) is 0 Å². The molecular weight excluding hydrogens is 294 g/mol. The van der Waals surface area contributed by atoms with Crippen LogP contribution in [0.15, 0.2) is 29.3 Å². The maximum Gasteiger partial charge on any atom is 0.321 e. The Morgan fingerprint density at radius 3 is 3.00 bits per heavy atom. The van der Waals surface area contributed by atoms with Crippen LogP contribution in [0.1, 0.15) is 0 Å². The fourth-order valence-electron chi connectivity index (χ4n) is 1.71. The summed E-state index contributed by atoms with van der Waals surface area (Å²) in [5.41, 5.74) is 5.78. The molecule has 7 nitrogen and oxygen atoms in total. The SMILES string of the molecule is COc1ccc2c(=O)n(CSCC(N)C(=O)O)cnc2c1. The van der Waals surface area contributed by atoms with Crippen LogP contribution in [-0.2, 0) is 10.7 Å². The van der Waals surface area contributed by atoms with Crippen molar-refractivity contribution in [2.45, 2.75) is 11.9 Å². The number of hydrogen-bond acceptors (Lipinski definition) is 6. The molecule has 3 N–H and O–H groups in total. The van der Waals surface area contributed by atoms with E-state index in [0.717, 1.165) is 0 Å². The van der Waals surface area contributed by atoms with Crippen molar-refractivity contribution in [2.75, 3.05) is 12.9 Å². The van der Waals surface area contributed by atoms with Gasteiger partial charge in [0.2, 0.25) is 0 Å². The molecule has 1 heterocycles. The van der Waals surface area contributed by atoms with Crippen LogP contribution >= 0.6 is 11.8 Å². The first-order valence-electron chi connectivity index (χ1n) is 6.12. The third-order valence-electron chi connectivity index (χ3n) is 2.88. The van der Waals surface area contributed by atoms with Crippen LogP contribution in [0, 0.1) is 0 Å². The summed E-state index contributed by atoms with van der Waals surface area (Å²) in [4.78, 5) is 27.1. The van der Waals surface area contributed by atoms with Gasteiger partial charge in [0.25, 0.3) is 5.56 Å². The van der Waals surface area contributed by atoms with Gasteiger partial charge >= 0.3 is 5.97 Å². The van der Waals surface area contributed by atoms with E-state index in [1.807, 2.05) is 0 Å². The first kappa shape index (κ1) is 15.3. The smallest absolute Gasteiger partial charge is 0.321 e. The van der Waals surface area contributed by atoms with Gasteiger partial charge in [-0.3, -0.25) is 14.2 Å². The van der Waals surface area contributed by atoms with Crippen LogP contribution in [-0.4, -0.2) is 39.5 Å². The monoisotopic (exact) mass is 309 g/mol. The third kappa shape index (κ3) is 3.53. The van der Waals surface area contributed by atoms with Crippen molar-refractivity contribution in [1.82, 2.24) is 9.55 Å². The number of ether oxygens (including phenoxy) is 1. The van der Waals surface area contributed by atoms with Gasteiger partial charge in [0, 0.05) is 11.8 Å². The Kier molecular flexibility index (Phi) is 4.81. The van der Waals surface area contributed by atoms with E-state index in [2.05, 4.69) is 4.98 Å². The lowest BCUT2D eigenvalue weighted by Gasteiger charge is -2.09. The van der Waals surface area contributed by atoms with E-state index >= 15 is 0 Å². The van der Waals surface area contributed by atoms with Gasteiger partial charge in [-0.2, -0.15) is 0 Å². The summed E-state index contributed by atoms with van der Waals surface area (Å²) >= 11 is 1.27. The quantitative estimate of drug-likeness (QED) is 0.800. The van der Waals surface area contributed by atoms with Crippen molar-refractivity contribution >= 4 is 28.6 Å². The maximum absolute atomic E-state index is 12.3. The lowest BCUT2D eigenvalue weighted by atomic mass is 10.2. The van der Waals surface area contributed by atoms with E-state index < -0.39 is 12.0 Å². The Morgan fingerprint density at radius 1 is 1.57 bits per heavy atom. The highest BCUT2D eigenvalue weighted by Crippen LogP contribution is 2.16. The number of carbonyl (C=O) groups is 1. The molecule has 0 saturated heterocycles. The molecule has 1 atom stereocenters. The van der Waals surface area contributed by atoms with E-state index in [0.29, 0.717) is 22.5 Å². The molecule has 0 aliphatic rings. The number of thioether (sulfide) groups is 1. The summed E-state index contributed by atoms with van der Waals surface area (Å²) in [5.74, 6) is 0.101. The molecule has 0 amide bonds. The molecule has 0 fully saturated rings. The Hall–Kier alpha value is -2.06. The fourth-order valence-corrected chi connectivity index (χ4v) is 2.59. The first-order chi connectivity index (χ1) is 10.0. The van der Waals surface area contributed by atoms with Gasteiger partial charge in [-0.25, -0.2) is 4.98 Å². The predicted molar refractivity (Wildman–Crippen MR) is 80.6 cm³/mol. The Labute approximate surface area is 124 Å². The summed E-state index contributed by atoms with van der Waals surface area (Å²) in [6.45, 7) is 0. The van der Waals surface area contributed by atoms with Crippen LogP contribution in [0.3, 0.4) is 0 Å². The number of carboxylic acids is 1. The normalized spacial score (nSPS) is 12.3. The molecule has 0 bridgehead atoms. The fraction of sp³-hybridized carbons (Fsp3) is 0.308. The highest BCUT2D eigenvalue weighted by Gasteiger charge is 2.11. The van der Waals surface area contributed by atoms with Gasteiger partial charge in [0.1, 0.15) is 11.8 Å². The van der Waals surface area contributed by atoms with Crippen molar-refractivity contribution in [1.29, 1.82) is 0 Å². The van der Waals surface area contributed by atoms with E-state index in [9.17, 15) is 9.59 Å². The molecule has 2 aromatic rings. The molecule has 8 heteroatoms. The van der Waals surface area contributed by atoms with Gasteiger partial charge in [-0.1, -0.05) is 0 Å². The number of nitrogens with two attached hydrogens (primary N) is 1. The van der Waals surface area contributed by atoms with Crippen molar-refractivity contribution in [3.05, 3.63) is 34.9 Å². The molecule has 1 aromatic heterocycles. The Morgan fingerprint density at radius 2 is 2.33 bits per heavy atom. The largest absolute Gasteiger partial charge is 0.497 e. The number of aliphatic carboxylic acids is 1. The Balaban J connectivity index is 2.16.